The highest BCUT2D eigenvalue weighted by molar-refractivity contribution is 4.86. The zero-order valence-electron chi connectivity index (χ0n) is 8.80. The predicted molar refractivity (Wildman–Crippen MR) is 53.0 cm³/mol. The van der Waals surface area contributed by atoms with Gasteiger partial charge in [-0.1, -0.05) is 6.92 Å². The Hall–Kier alpha value is -0.0800. The van der Waals surface area contributed by atoms with Gasteiger partial charge < -0.3 is 10.6 Å². The smallest absolute Gasteiger partial charge is 0.0225 e. The van der Waals surface area contributed by atoms with Crippen molar-refractivity contribution in [2.45, 2.75) is 32.7 Å². The van der Waals surface area contributed by atoms with Gasteiger partial charge in [0.05, 0.1) is 0 Å². The van der Waals surface area contributed by atoms with Gasteiger partial charge in [-0.25, -0.2) is 0 Å². The molecule has 1 saturated carbocycles. The molecule has 1 rings (SSSR count). The van der Waals surface area contributed by atoms with Crippen molar-refractivity contribution in [2.24, 2.45) is 17.6 Å². The summed E-state index contributed by atoms with van der Waals surface area (Å²) in [4.78, 5) is 2.36. The summed E-state index contributed by atoms with van der Waals surface area (Å²) in [5, 5.41) is 0. The van der Waals surface area contributed by atoms with Crippen molar-refractivity contribution in [3.8, 4) is 0 Å². The van der Waals surface area contributed by atoms with Crippen LogP contribution in [0.1, 0.15) is 27.2 Å². The van der Waals surface area contributed by atoms with E-state index < -0.39 is 0 Å². The molecule has 0 aliphatic heterocycles. The van der Waals surface area contributed by atoms with Crippen LogP contribution in [0.5, 0.6) is 0 Å². The Morgan fingerprint density at radius 1 is 1.50 bits per heavy atom. The molecule has 0 saturated heterocycles. The summed E-state index contributed by atoms with van der Waals surface area (Å²) in [7, 11) is 2.17. The maximum Gasteiger partial charge on any atom is 0.0225 e. The summed E-state index contributed by atoms with van der Waals surface area (Å²) in [5.41, 5.74) is 5.88. The molecule has 12 heavy (non-hydrogen) atoms. The number of nitrogens with two attached hydrogens (primary N) is 1. The first-order valence-electron chi connectivity index (χ1n) is 4.86. The second-order valence-corrected chi connectivity index (χ2v) is 5.16. The maximum absolute atomic E-state index is 5.93. The molecule has 2 heteroatoms. The highest BCUT2D eigenvalue weighted by Crippen LogP contribution is 2.37. The van der Waals surface area contributed by atoms with Crippen molar-refractivity contribution in [2.75, 3.05) is 20.1 Å². The van der Waals surface area contributed by atoms with Crippen molar-refractivity contribution < 1.29 is 0 Å². The van der Waals surface area contributed by atoms with Gasteiger partial charge in [-0.2, -0.15) is 0 Å². The molecule has 2 atom stereocenters. The van der Waals surface area contributed by atoms with Crippen molar-refractivity contribution in [1.29, 1.82) is 0 Å². The highest BCUT2D eigenvalue weighted by atomic mass is 15.1. The van der Waals surface area contributed by atoms with Crippen molar-refractivity contribution >= 4 is 0 Å². The SMILES string of the molecule is CC1CC1CN(C)CC(C)(C)N. The van der Waals surface area contributed by atoms with Gasteiger partial charge in [-0.3, -0.25) is 0 Å². The second-order valence-electron chi connectivity index (χ2n) is 5.16. The lowest BCUT2D eigenvalue weighted by molar-refractivity contribution is 0.258. The lowest BCUT2D eigenvalue weighted by Gasteiger charge is -2.26. The van der Waals surface area contributed by atoms with E-state index in [0.29, 0.717) is 0 Å². The standard InChI is InChI=1S/C10H22N2/c1-8-5-9(8)6-12(4)7-10(2,3)11/h8-9H,5-7,11H2,1-4H3. The van der Waals surface area contributed by atoms with Crippen molar-refractivity contribution in [3.63, 3.8) is 0 Å². The molecular weight excluding hydrogens is 148 g/mol. The van der Waals surface area contributed by atoms with Crippen LogP contribution in [-0.2, 0) is 0 Å². The van der Waals surface area contributed by atoms with Crippen LogP contribution in [0.4, 0.5) is 0 Å². The molecular formula is C10H22N2. The molecule has 1 aliphatic rings. The Balaban J connectivity index is 2.16. The van der Waals surface area contributed by atoms with E-state index in [9.17, 15) is 0 Å². The number of hydrogen-bond acceptors (Lipinski definition) is 2. The average molecular weight is 170 g/mol. The molecule has 1 fully saturated rings. The molecule has 1 aliphatic carbocycles. The van der Waals surface area contributed by atoms with Gasteiger partial charge in [0.2, 0.25) is 0 Å². The lowest BCUT2D eigenvalue weighted by atomic mass is 10.1. The van der Waals surface area contributed by atoms with E-state index in [-0.39, 0.29) is 5.54 Å². The quantitative estimate of drug-likeness (QED) is 0.689. The average Bonchev–Trinajstić information content (AvgIpc) is 2.40. The van der Waals surface area contributed by atoms with Crippen LogP contribution < -0.4 is 5.73 Å². The monoisotopic (exact) mass is 170 g/mol. The maximum atomic E-state index is 5.93. The Morgan fingerprint density at radius 3 is 2.33 bits per heavy atom. The normalized spacial score (nSPS) is 29.5. The first kappa shape index (κ1) is 10.0. The number of likely N-dealkylation sites (N-methyl/N-ethyl adjacent to an activating group) is 1. The van der Waals surface area contributed by atoms with E-state index in [2.05, 4.69) is 32.7 Å². The fourth-order valence-corrected chi connectivity index (χ4v) is 1.81. The highest BCUT2D eigenvalue weighted by Gasteiger charge is 2.33. The summed E-state index contributed by atoms with van der Waals surface area (Å²) in [6.45, 7) is 8.71. The molecule has 0 spiro atoms. The van der Waals surface area contributed by atoms with Crippen LogP contribution >= 0.6 is 0 Å². The van der Waals surface area contributed by atoms with Crippen LogP contribution in [0.2, 0.25) is 0 Å². The van der Waals surface area contributed by atoms with Gasteiger partial charge in [0.15, 0.2) is 0 Å². The fraction of sp³-hybridized carbons (Fsp3) is 1.00. The number of hydrogen-bond donors (Lipinski definition) is 1. The number of rotatable bonds is 4. The van der Waals surface area contributed by atoms with E-state index in [1.54, 1.807) is 0 Å². The van der Waals surface area contributed by atoms with Crippen molar-refractivity contribution in [1.82, 2.24) is 4.90 Å². The third kappa shape index (κ3) is 3.55. The van der Waals surface area contributed by atoms with Crippen LogP contribution in [0, 0.1) is 11.8 Å². The largest absolute Gasteiger partial charge is 0.324 e. The van der Waals surface area contributed by atoms with E-state index in [0.717, 1.165) is 18.4 Å². The molecule has 72 valence electrons. The second kappa shape index (κ2) is 3.35. The predicted octanol–water partition coefficient (Wildman–Crippen LogP) is 1.31. The van der Waals surface area contributed by atoms with Gasteiger partial charge in [-0.15, -0.1) is 0 Å². The first-order valence-corrected chi connectivity index (χ1v) is 4.86. The summed E-state index contributed by atoms with van der Waals surface area (Å²) < 4.78 is 0. The van der Waals surface area contributed by atoms with Gasteiger partial charge in [0, 0.05) is 18.6 Å². The van der Waals surface area contributed by atoms with E-state index in [1.165, 1.54) is 13.0 Å². The Labute approximate surface area is 76.1 Å². The molecule has 2 unspecified atom stereocenters. The molecule has 0 aromatic carbocycles. The van der Waals surface area contributed by atoms with E-state index >= 15 is 0 Å². The van der Waals surface area contributed by atoms with E-state index in [1.807, 2.05) is 0 Å². The Morgan fingerprint density at radius 2 is 2.00 bits per heavy atom. The third-order valence-electron chi connectivity index (χ3n) is 2.50. The zero-order chi connectivity index (χ0) is 9.35. The fourth-order valence-electron chi connectivity index (χ4n) is 1.81. The van der Waals surface area contributed by atoms with Gasteiger partial charge in [0.1, 0.15) is 0 Å². The number of nitrogens with zero attached hydrogens (tertiary/aromatic N) is 1. The van der Waals surface area contributed by atoms with Crippen LogP contribution in [0.25, 0.3) is 0 Å². The van der Waals surface area contributed by atoms with Crippen LogP contribution in [-0.4, -0.2) is 30.6 Å². The van der Waals surface area contributed by atoms with Crippen molar-refractivity contribution in [3.05, 3.63) is 0 Å². The third-order valence-corrected chi connectivity index (χ3v) is 2.50. The summed E-state index contributed by atoms with van der Waals surface area (Å²) in [6.07, 6.45) is 1.41. The lowest BCUT2D eigenvalue weighted by Crippen LogP contribution is -2.44. The molecule has 2 N–H and O–H groups in total. The molecule has 0 aromatic rings. The molecule has 0 amide bonds. The molecule has 0 heterocycles. The zero-order valence-corrected chi connectivity index (χ0v) is 8.80. The molecule has 0 radical (unpaired) electrons. The Kier molecular flexibility index (Phi) is 2.79. The summed E-state index contributed by atoms with van der Waals surface area (Å²) in [6, 6.07) is 0. The summed E-state index contributed by atoms with van der Waals surface area (Å²) in [5.74, 6) is 1.89. The summed E-state index contributed by atoms with van der Waals surface area (Å²) >= 11 is 0. The minimum Gasteiger partial charge on any atom is -0.324 e. The molecule has 2 nitrogen and oxygen atoms in total. The first-order chi connectivity index (χ1) is 5.38. The topological polar surface area (TPSA) is 29.3 Å². The molecule has 0 aromatic heterocycles. The minimum atomic E-state index is -0.0487. The van der Waals surface area contributed by atoms with Gasteiger partial charge in [-0.05, 0) is 39.2 Å². The minimum absolute atomic E-state index is 0.0487. The van der Waals surface area contributed by atoms with E-state index in [4.69, 9.17) is 5.73 Å². The molecule has 0 bridgehead atoms. The van der Waals surface area contributed by atoms with Crippen LogP contribution in [0.15, 0.2) is 0 Å². The van der Waals surface area contributed by atoms with Gasteiger partial charge in [0.25, 0.3) is 0 Å². The van der Waals surface area contributed by atoms with Crippen LogP contribution in [0.3, 0.4) is 0 Å². The van der Waals surface area contributed by atoms with Gasteiger partial charge >= 0.3 is 0 Å². The Bertz CT molecular complexity index is 148.